The quantitative estimate of drug-likeness (QED) is 0.297. The Kier molecular flexibility index (Phi) is 9.58. The van der Waals surface area contributed by atoms with Gasteiger partial charge in [-0.15, -0.1) is 0 Å². The smallest absolute Gasteiger partial charge is 0.475 e. The average molecular weight is 615 g/mol. The fraction of sp³-hybridized carbons (Fsp3) is 0.708. The number of carboxylic acid groups (broad SMARTS) is 1. The number of carboxylic acids is 1. The maximum Gasteiger partial charge on any atom is 0.490 e. The molecule has 4 N–H and O–H groups in total. The van der Waals surface area contributed by atoms with E-state index in [9.17, 15) is 26.7 Å². The number of aliphatic hydroxyl groups is 1. The van der Waals surface area contributed by atoms with E-state index in [0.29, 0.717) is 11.6 Å². The lowest BCUT2D eigenvalue weighted by Crippen LogP contribution is -2.52. The molecule has 4 fully saturated rings. The molecule has 4 aliphatic rings. The van der Waals surface area contributed by atoms with E-state index in [-0.39, 0.29) is 29.5 Å². The highest BCUT2D eigenvalue weighted by Crippen LogP contribution is 2.54. The summed E-state index contributed by atoms with van der Waals surface area (Å²) in [4.78, 5) is 11.8. The summed E-state index contributed by atoms with van der Waals surface area (Å²) in [6.45, 7) is 6.36. The number of aliphatic hydroxyl groups excluding tert-OH is 1. The van der Waals surface area contributed by atoms with Crippen LogP contribution >= 0.6 is 15.9 Å². The lowest BCUT2D eigenvalue weighted by atomic mass is 9.73. The lowest BCUT2D eigenvalue weighted by molar-refractivity contribution is -0.192. The number of fused-ring (bicyclic) bond motifs is 1. The molecule has 8 nitrogen and oxygen atoms in total. The predicted molar refractivity (Wildman–Crippen MR) is 137 cm³/mol. The third kappa shape index (κ3) is 7.81. The number of benzene rings is 1. The van der Waals surface area contributed by atoms with Crippen LogP contribution in [0, 0.1) is 17.8 Å². The number of carbonyl (C=O) groups is 1. The highest BCUT2D eigenvalue weighted by Gasteiger charge is 2.59. The Labute approximate surface area is 224 Å². The van der Waals surface area contributed by atoms with Crippen molar-refractivity contribution in [3.63, 3.8) is 0 Å². The summed E-state index contributed by atoms with van der Waals surface area (Å²) in [5.41, 5.74) is 0.837. The summed E-state index contributed by atoms with van der Waals surface area (Å²) in [5, 5.41) is 20.2. The van der Waals surface area contributed by atoms with Crippen molar-refractivity contribution in [2.75, 3.05) is 31.6 Å². The van der Waals surface area contributed by atoms with E-state index < -0.39 is 22.2 Å². The summed E-state index contributed by atoms with van der Waals surface area (Å²) in [6.07, 6.45) is 0.746. The highest BCUT2D eigenvalue weighted by molar-refractivity contribution is 9.10. The number of hydrogen-bond acceptors (Lipinski definition) is 6. The van der Waals surface area contributed by atoms with E-state index in [1.54, 1.807) is 12.1 Å². The molecule has 1 atom stereocenters. The Morgan fingerprint density at radius 1 is 1.27 bits per heavy atom. The number of aliphatic carboxylic acids is 1. The van der Waals surface area contributed by atoms with Gasteiger partial charge in [0.1, 0.15) is 4.90 Å². The van der Waals surface area contributed by atoms with Crippen LogP contribution in [0.3, 0.4) is 0 Å². The molecule has 0 aromatic heterocycles. The van der Waals surface area contributed by atoms with E-state index in [1.165, 1.54) is 32.2 Å². The number of hydrogen-bond donors (Lipinski definition) is 4. The standard InChI is InChI=1S/C22H34BrN3O3S.C2HF3O2/c1-15(2)7-16(13-27)11-25-30(28,29)21-6-3-18(23)8-20(21)24-14-22-9-17(10-22)12-26(22)19-4-5-19;3-2(4,5)1(6)7/h3,6,8,15-17,19,24-25,27H,4-5,7,9-14H2,1-2H3;(H,6,7). The maximum atomic E-state index is 13.1. The normalized spacial score (nSPS) is 24.3. The minimum Gasteiger partial charge on any atom is -0.475 e. The minimum absolute atomic E-state index is 0.0210. The topological polar surface area (TPSA) is 119 Å². The number of halogens is 4. The monoisotopic (exact) mass is 613 g/mol. The van der Waals surface area contributed by atoms with Gasteiger partial charge in [-0.3, -0.25) is 4.90 Å². The Morgan fingerprint density at radius 3 is 2.41 bits per heavy atom. The average Bonchev–Trinajstić information content (AvgIpc) is 3.46. The zero-order chi connectivity index (χ0) is 27.6. The molecule has 2 aliphatic carbocycles. The van der Waals surface area contributed by atoms with Gasteiger partial charge in [0.15, 0.2) is 0 Å². The van der Waals surface area contributed by atoms with Crippen LogP contribution in [-0.4, -0.2) is 73.5 Å². The molecule has 2 heterocycles. The second-order valence-electron chi connectivity index (χ2n) is 10.7. The number of alkyl halides is 3. The van der Waals surface area contributed by atoms with Crippen LogP contribution in [0.5, 0.6) is 0 Å². The molecule has 1 aromatic carbocycles. The molecule has 210 valence electrons. The van der Waals surface area contributed by atoms with E-state index in [1.807, 2.05) is 6.07 Å². The predicted octanol–water partition coefficient (Wildman–Crippen LogP) is 4.05. The molecule has 2 bridgehead atoms. The van der Waals surface area contributed by atoms with Gasteiger partial charge in [0.05, 0.1) is 5.69 Å². The van der Waals surface area contributed by atoms with Crippen LogP contribution in [0.2, 0.25) is 0 Å². The van der Waals surface area contributed by atoms with E-state index in [4.69, 9.17) is 9.90 Å². The number of sulfonamides is 1. The molecule has 1 aromatic rings. The zero-order valence-corrected chi connectivity index (χ0v) is 23.3. The number of nitrogens with zero attached hydrogens (tertiary/aromatic N) is 1. The third-order valence-corrected chi connectivity index (χ3v) is 9.07. The molecule has 37 heavy (non-hydrogen) atoms. The maximum absolute atomic E-state index is 13.1. The molecule has 0 spiro atoms. The highest BCUT2D eigenvalue weighted by atomic mass is 79.9. The van der Waals surface area contributed by atoms with Gasteiger partial charge >= 0.3 is 12.1 Å². The largest absolute Gasteiger partial charge is 0.490 e. The summed E-state index contributed by atoms with van der Waals surface area (Å²) in [6, 6.07) is 6.01. The number of anilines is 1. The molecule has 2 saturated carbocycles. The van der Waals surface area contributed by atoms with E-state index in [0.717, 1.165) is 29.4 Å². The summed E-state index contributed by atoms with van der Waals surface area (Å²) < 4.78 is 61.5. The van der Waals surface area contributed by atoms with Gasteiger partial charge in [-0.1, -0.05) is 29.8 Å². The van der Waals surface area contributed by atoms with Crippen LogP contribution in [0.15, 0.2) is 27.6 Å². The van der Waals surface area contributed by atoms with Crippen molar-refractivity contribution >= 4 is 37.6 Å². The molecular weight excluding hydrogens is 579 g/mol. The van der Waals surface area contributed by atoms with Gasteiger partial charge in [0, 0.05) is 42.3 Å². The number of rotatable bonds is 11. The van der Waals surface area contributed by atoms with Crippen molar-refractivity contribution in [3.05, 3.63) is 22.7 Å². The van der Waals surface area contributed by atoms with Gasteiger partial charge < -0.3 is 15.5 Å². The minimum atomic E-state index is -5.08. The second kappa shape index (κ2) is 11.8. The fourth-order valence-electron chi connectivity index (χ4n) is 5.35. The van der Waals surface area contributed by atoms with Crippen LogP contribution in [0.25, 0.3) is 0 Å². The van der Waals surface area contributed by atoms with Crippen molar-refractivity contribution in [3.8, 4) is 0 Å². The van der Waals surface area contributed by atoms with Crippen LogP contribution in [-0.2, 0) is 14.8 Å². The summed E-state index contributed by atoms with van der Waals surface area (Å²) >= 11 is 3.49. The van der Waals surface area contributed by atoms with Gasteiger partial charge in [0.25, 0.3) is 0 Å². The van der Waals surface area contributed by atoms with Crippen LogP contribution in [0.4, 0.5) is 18.9 Å². The summed E-state index contributed by atoms with van der Waals surface area (Å²) in [5.74, 6) is -1.62. The van der Waals surface area contributed by atoms with Crippen LogP contribution < -0.4 is 10.0 Å². The van der Waals surface area contributed by atoms with Crippen molar-refractivity contribution < 1.29 is 36.6 Å². The number of nitrogens with one attached hydrogen (secondary N) is 2. The lowest BCUT2D eigenvalue weighted by Gasteiger charge is -2.43. The molecular formula is C24H35BrF3N3O5S. The molecule has 0 amide bonds. The van der Waals surface area contributed by atoms with E-state index in [2.05, 4.69) is 44.7 Å². The first kappa shape index (κ1) is 30.1. The molecule has 2 saturated heterocycles. The molecule has 5 rings (SSSR count). The SMILES string of the molecule is CC(C)CC(CO)CNS(=O)(=O)c1ccc(Br)cc1NCC12CC(CN1C1CC1)C2.O=C(O)C(F)(F)F. The Morgan fingerprint density at radius 2 is 1.89 bits per heavy atom. The fourth-order valence-corrected chi connectivity index (χ4v) is 6.99. The summed E-state index contributed by atoms with van der Waals surface area (Å²) in [7, 11) is -3.68. The first-order valence-electron chi connectivity index (χ1n) is 12.4. The zero-order valence-electron chi connectivity index (χ0n) is 20.9. The molecule has 13 heteroatoms. The molecule has 1 unspecified atom stereocenters. The second-order valence-corrected chi connectivity index (χ2v) is 13.4. The first-order valence-corrected chi connectivity index (χ1v) is 14.7. The van der Waals surface area contributed by atoms with Crippen molar-refractivity contribution in [2.24, 2.45) is 17.8 Å². The first-order chi connectivity index (χ1) is 17.2. The van der Waals surface area contributed by atoms with Gasteiger partial charge in [0.2, 0.25) is 10.0 Å². The van der Waals surface area contributed by atoms with Crippen molar-refractivity contribution in [1.29, 1.82) is 0 Å². The van der Waals surface area contributed by atoms with E-state index >= 15 is 0 Å². The van der Waals surface area contributed by atoms with Gasteiger partial charge in [-0.2, -0.15) is 13.2 Å². The van der Waals surface area contributed by atoms with Crippen molar-refractivity contribution in [2.45, 2.75) is 68.6 Å². The Hall–Kier alpha value is -1.41. The Bertz CT molecular complexity index is 1060. The van der Waals surface area contributed by atoms with Crippen molar-refractivity contribution in [1.82, 2.24) is 9.62 Å². The Balaban J connectivity index is 0.000000479. The van der Waals surface area contributed by atoms with Crippen LogP contribution in [0.1, 0.15) is 46.0 Å². The third-order valence-electron chi connectivity index (χ3n) is 7.10. The van der Waals surface area contributed by atoms with Gasteiger partial charge in [-0.05, 0) is 68.1 Å². The molecule has 0 radical (unpaired) electrons. The van der Waals surface area contributed by atoms with Gasteiger partial charge in [-0.25, -0.2) is 17.9 Å². The molecule has 2 aliphatic heterocycles.